The van der Waals surface area contributed by atoms with Crippen LogP contribution in [0.5, 0.6) is 0 Å². The SMILES string of the molecule is CC=NC(=C\C)/C(=C\c1ccc2c(c1)CCC(C(=O)OC)C2)c1cccc(C)c1C. The number of rotatable bonds is 5. The first-order chi connectivity index (χ1) is 14.5. The van der Waals surface area contributed by atoms with Gasteiger partial charge in [0, 0.05) is 11.8 Å². The molecule has 0 saturated carbocycles. The van der Waals surface area contributed by atoms with Crippen LogP contribution in [0.3, 0.4) is 0 Å². The number of fused-ring (bicyclic) bond motifs is 1. The minimum Gasteiger partial charge on any atom is -0.469 e. The standard InChI is InChI=1S/C27H31NO2/c1-6-26(28-7-2)25(24-10-8-9-18(3)19(24)4)16-20-11-12-22-17-23(27(29)30-5)14-13-21(22)15-20/h6-12,15-16,23H,13-14,17H2,1-5H3/b25-16-,26-6-,28-7?. The number of hydrogen-bond acceptors (Lipinski definition) is 3. The molecule has 2 aromatic rings. The fraction of sp³-hybridized carbons (Fsp3) is 0.333. The summed E-state index contributed by atoms with van der Waals surface area (Å²) in [5.41, 5.74) is 9.57. The molecule has 3 heteroatoms. The van der Waals surface area contributed by atoms with Crippen LogP contribution in [0.25, 0.3) is 11.6 Å². The Morgan fingerprint density at radius 1 is 1.13 bits per heavy atom. The molecule has 0 saturated heterocycles. The van der Waals surface area contributed by atoms with Crippen LogP contribution < -0.4 is 0 Å². The van der Waals surface area contributed by atoms with Crippen LogP contribution in [-0.4, -0.2) is 19.3 Å². The molecule has 0 spiro atoms. The zero-order valence-corrected chi connectivity index (χ0v) is 18.7. The molecule has 30 heavy (non-hydrogen) atoms. The highest BCUT2D eigenvalue weighted by Gasteiger charge is 2.25. The van der Waals surface area contributed by atoms with E-state index in [9.17, 15) is 4.79 Å². The van der Waals surface area contributed by atoms with E-state index in [2.05, 4.69) is 67.4 Å². The van der Waals surface area contributed by atoms with Crippen LogP contribution in [0.1, 0.15) is 53.6 Å². The number of carbonyl (C=O) groups is 1. The number of carbonyl (C=O) groups excluding carboxylic acids is 1. The highest BCUT2D eigenvalue weighted by Crippen LogP contribution is 2.32. The van der Waals surface area contributed by atoms with Gasteiger partial charge in [0.15, 0.2) is 0 Å². The summed E-state index contributed by atoms with van der Waals surface area (Å²) in [7, 11) is 1.47. The van der Waals surface area contributed by atoms with Crippen LogP contribution in [0.15, 0.2) is 53.2 Å². The van der Waals surface area contributed by atoms with Crippen molar-refractivity contribution >= 4 is 23.8 Å². The summed E-state index contributed by atoms with van der Waals surface area (Å²) < 4.78 is 4.94. The van der Waals surface area contributed by atoms with Gasteiger partial charge in [-0.05, 0) is 86.4 Å². The van der Waals surface area contributed by atoms with Crippen molar-refractivity contribution < 1.29 is 9.53 Å². The quantitative estimate of drug-likeness (QED) is 0.262. The Balaban J connectivity index is 2.04. The molecular weight excluding hydrogens is 370 g/mol. The summed E-state index contributed by atoms with van der Waals surface area (Å²) in [6.45, 7) is 8.29. The molecule has 0 heterocycles. The first kappa shape index (κ1) is 21.8. The fourth-order valence-corrected chi connectivity index (χ4v) is 4.17. The maximum Gasteiger partial charge on any atom is 0.309 e. The number of methoxy groups -OCH3 is 1. The van der Waals surface area contributed by atoms with Crippen molar-refractivity contribution in [3.8, 4) is 0 Å². The van der Waals surface area contributed by atoms with Crippen molar-refractivity contribution in [2.45, 2.75) is 47.0 Å². The predicted octanol–water partition coefficient (Wildman–Crippen LogP) is 6.12. The third kappa shape index (κ3) is 4.62. The molecule has 3 rings (SSSR count). The average Bonchev–Trinajstić information content (AvgIpc) is 2.77. The minimum absolute atomic E-state index is 0.0251. The lowest BCUT2D eigenvalue weighted by Crippen LogP contribution is -2.23. The van der Waals surface area contributed by atoms with Crippen LogP contribution in [0, 0.1) is 19.8 Å². The molecule has 3 nitrogen and oxygen atoms in total. The van der Waals surface area contributed by atoms with Gasteiger partial charge in [-0.2, -0.15) is 0 Å². The second-order valence-corrected chi connectivity index (χ2v) is 7.86. The van der Waals surface area contributed by atoms with E-state index >= 15 is 0 Å². The molecule has 1 unspecified atom stereocenters. The van der Waals surface area contributed by atoms with Crippen molar-refractivity contribution in [3.63, 3.8) is 0 Å². The van der Waals surface area contributed by atoms with E-state index in [4.69, 9.17) is 4.74 Å². The number of aliphatic imine (C=N–C) groups is 1. The molecule has 156 valence electrons. The van der Waals surface area contributed by atoms with E-state index in [1.807, 2.05) is 20.1 Å². The van der Waals surface area contributed by atoms with Gasteiger partial charge in [0.05, 0.1) is 18.7 Å². The molecule has 0 amide bonds. The second-order valence-electron chi connectivity index (χ2n) is 7.86. The number of hydrogen-bond donors (Lipinski definition) is 0. The highest BCUT2D eigenvalue weighted by atomic mass is 16.5. The van der Waals surface area contributed by atoms with Gasteiger partial charge in [-0.3, -0.25) is 9.79 Å². The van der Waals surface area contributed by atoms with Crippen molar-refractivity contribution in [3.05, 3.63) is 81.6 Å². The summed E-state index contributed by atoms with van der Waals surface area (Å²) in [5.74, 6) is -0.125. The first-order valence-corrected chi connectivity index (χ1v) is 10.6. The monoisotopic (exact) mass is 401 g/mol. The van der Waals surface area contributed by atoms with Gasteiger partial charge >= 0.3 is 5.97 Å². The van der Waals surface area contributed by atoms with Gasteiger partial charge in [-0.25, -0.2) is 0 Å². The predicted molar refractivity (Wildman–Crippen MR) is 126 cm³/mol. The maximum absolute atomic E-state index is 11.9. The molecular formula is C27H31NO2. The maximum atomic E-state index is 11.9. The molecule has 0 aliphatic heterocycles. The highest BCUT2D eigenvalue weighted by molar-refractivity contribution is 5.93. The van der Waals surface area contributed by atoms with Crippen molar-refractivity contribution in [2.24, 2.45) is 10.9 Å². The van der Waals surface area contributed by atoms with Gasteiger partial charge in [0.25, 0.3) is 0 Å². The lowest BCUT2D eigenvalue weighted by atomic mass is 9.83. The van der Waals surface area contributed by atoms with Crippen LogP contribution >= 0.6 is 0 Å². The second kappa shape index (κ2) is 9.71. The first-order valence-electron chi connectivity index (χ1n) is 10.6. The number of benzene rings is 2. The summed E-state index contributed by atoms with van der Waals surface area (Å²) >= 11 is 0. The van der Waals surface area contributed by atoms with Crippen LogP contribution in [-0.2, 0) is 22.4 Å². The van der Waals surface area contributed by atoms with Crippen molar-refractivity contribution in [1.29, 1.82) is 0 Å². The van der Waals surface area contributed by atoms with E-state index < -0.39 is 0 Å². The summed E-state index contributed by atoms with van der Waals surface area (Å²) in [5, 5.41) is 0. The Kier molecular flexibility index (Phi) is 7.04. The van der Waals surface area contributed by atoms with Crippen LogP contribution in [0.4, 0.5) is 0 Å². The zero-order chi connectivity index (χ0) is 21.7. The number of esters is 1. The smallest absolute Gasteiger partial charge is 0.309 e. The van der Waals surface area contributed by atoms with E-state index in [0.717, 1.165) is 36.1 Å². The molecule has 1 atom stereocenters. The largest absolute Gasteiger partial charge is 0.469 e. The topological polar surface area (TPSA) is 38.7 Å². The molecule has 0 aromatic heterocycles. The van der Waals surface area contributed by atoms with Crippen molar-refractivity contribution in [2.75, 3.05) is 7.11 Å². The van der Waals surface area contributed by atoms with Gasteiger partial charge in [0.1, 0.15) is 0 Å². The van der Waals surface area contributed by atoms with Crippen molar-refractivity contribution in [1.82, 2.24) is 0 Å². The van der Waals surface area contributed by atoms with Gasteiger partial charge < -0.3 is 4.74 Å². The van der Waals surface area contributed by atoms with Gasteiger partial charge in [-0.1, -0.05) is 42.5 Å². The average molecular weight is 402 g/mol. The lowest BCUT2D eigenvalue weighted by molar-refractivity contribution is -0.145. The van der Waals surface area contributed by atoms with Crippen LogP contribution in [0.2, 0.25) is 0 Å². The zero-order valence-electron chi connectivity index (χ0n) is 18.7. The molecule has 0 radical (unpaired) electrons. The van der Waals surface area contributed by atoms with E-state index in [-0.39, 0.29) is 11.9 Å². The molecule has 0 N–H and O–H groups in total. The fourth-order valence-electron chi connectivity index (χ4n) is 4.17. The van der Waals surface area contributed by atoms with E-state index in [1.54, 1.807) is 0 Å². The third-order valence-electron chi connectivity index (χ3n) is 6.02. The Morgan fingerprint density at radius 2 is 1.93 bits per heavy atom. The normalized spacial score (nSPS) is 17.2. The minimum atomic E-state index is -0.100. The number of ether oxygens (including phenoxy) is 1. The Morgan fingerprint density at radius 3 is 2.63 bits per heavy atom. The molecule has 2 aromatic carbocycles. The van der Waals surface area contributed by atoms with Gasteiger partial charge in [0.2, 0.25) is 0 Å². The Hall–Kier alpha value is -2.94. The van der Waals surface area contributed by atoms with E-state index in [0.29, 0.717) is 0 Å². The lowest BCUT2D eigenvalue weighted by Gasteiger charge is -2.23. The number of nitrogens with zero attached hydrogens (tertiary/aromatic N) is 1. The number of allylic oxidation sites excluding steroid dienone is 2. The number of aryl methyl sites for hydroxylation is 2. The third-order valence-corrected chi connectivity index (χ3v) is 6.02. The Bertz CT molecular complexity index is 1030. The molecule has 0 fully saturated rings. The summed E-state index contributed by atoms with van der Waals surface area (Å²) in [6, 6.07) is 13.0. The Labute approximate surface area is 180 Å². The summed E-state index contributed by atoms with van der Waals surface area (Å²) in [6.07, 6.45) is 8.64. The molecule has 1 aliphatic rings. The molecule has 0 bridgehead atoms. The summed E-state index contributed by atoms with van der Waals surface area (Å²) in [4.78, 5) is 16.6. The molecule has 1 aliphatic carbocycles. The van der Waals surface area contributed by atoms with E-state index in [1.165, 1.54) is 34.9 Å². The van der Waals surface area contributed by atoms with Gasteiger partial charge in [-0.15, -0.1) is 0 Å².